The Labute approximate surface area is 216 Å². The Balaban J connectivity index is 1.48. The average molecular weight is 502 g/mol. The van der Waals surface area contributed by atoms with E-state index in [9.17, 15) is 4.79 Å². The number of carbonyl (C=O) groups is 1. The number of pyridine rings is 2. The number of nitrogens with zero attached hydrogens (tertiary/aromatic N) is 6. The monoisotopic (exact) mass is 501 g/mol. The lowest BCUT2D eigenvalue weighted by Crippen LogP contribution is -2.55. The van der Waals surface area contributed by atoms with Crippen molar-refractivity contribution in [2.75, 3.05) is 27.2 Å². The van der Waals surface area contributed by atoms with Gasteiger partial charge in [-0.1, -0.05) is 6.92 Å². The van der Waals surface area contributed by atoms with Crippen LogP contribution < -0.4 is 10.5 Å². The Bertz CT molecular complexity index is 1500. The Hall–Kier alpha value is -3.43. The second-order valence-corrected chi connectivity index (χ2v) is 10.5. The van der Waals surface area contributed by atoms with Gasteiger partial charge in [-0.15, -0.1) is 0 Å². The number of aryl methyl sites for hydroxylation is 2. The number of methoxy groups -OCH3 is 1. The summed E-state index contributed by atoms with van der Waals surface area (Å²) in [5.74, 6) is 1.17. The van der Waals surface area contributed by atoms with Gasteiger partial charge in [0, 0.05) is 48.9 Å². The highest BCUT2D eigenvalue weighted by atomic mass is 16.5. The normalized spacial score (nSPS) is 18.7. The van der Waals surface area contributed by atoms with E-state index in [1.807, 2.05) is 22.5 Å². The summed E-state index contributed by atoms with van der Waals surface area (Å²) in [6.45, 7) is 6.37. The molecule has 9 nitrogen and oxygen atoms in total. The Kier molecular flexibility index (Phi) is 5.92. The van der Waals surface area contributed by atoms with Crippen LogP contribution in [0.1, 0.15) is 47.9 Å². The maximum Gasteiger partial charge on any atom is 0.268 e. The zero-order valence-electron chi connectivity index (χ0n) is 22.1. The largest absolute Gasteiger partial charge is 0.482 e. The minimum absolute atomic E-state index is 0.0266. The van der Waals surface area contributed by atoms with Crippen molar-refractivity contribution in [2.45, 2.75) is 52.1 Å². The van der Waals surface area contributed by atoms with Gasteiger partial charge in [-0.05, 0) is 62.8 Å². The predicted molar refractivity (Wildman–Crippen MR) is 144 cm³/mol. The molecule has 2 fully saturated rings. The van der Waals surface area contributed by atoms with Crippen molar-refractivity contribution >= 4 is 22.6 Å². The third-order valence-corrected chi connectivity index (χ3v) is 7.80. The third-order valence-electron chi connectivity index (χ3n) is 7.80. The summed E-state index contributed by atoms with van der Waals surface area (Å²) in [6.07, 6.45) is 4.28. The molecule has 1 amide bonds. The van der Waals surface area contributed by atoms with Gasteiger partial charge in [-0.25, -0.2) is 15.0 Å². The van der Waals surface area contributed by atoms with Crippen LogP contribution in [0, 0.1) is 12.8 Å². The van der Waals surface area contributed by atoms with Crippen LogP contribution in [0.15, 0.2) is 30.3 Å². The molecule has 0 aromatic carbocycles. The zero-order chi connectivity index (χ0) is 25.8. The van der Waals surface area contributed by atoms with Gasteiger partial charge in [-0.3, -0.25) is 14.2 Å². The van der Waals surface area contributed by atoms with E-state index in [-0.39, 0.29) is 11.9 Å². The number of hydrogen-bond acceptors (Lipinski definition) is 6. The van der Waals surface area contributed by atoms with Crippen LogP contribution in [-0.2, 0) is 13.0 Å². The fourth-order valence-corrected chi connectivity index (χ4v) is 5.41. The van der Waals surface area contributed by atoms with Crippen LogP contribution in [0.2, 0.25) is 0 Å². The Morgan fingerprint density at radius 1 is 1.16 bits per heavy atom. The van der Waals surface area contributed by atoms with E-state index >= 15 is 0 Å². The summed E-state index contributed by atoms with van der Waals surface area (Å²) >= 11 is 0. The molecule has 2 aliphatic rings. The third kappa shape index (κ3) is 4.16. The van der Waals surface area contributed by atoms with Crippen molar-refractivity contribution < 1.29 is 9.53 Å². The van der Waals surface area contributed by atoms with Gasteiger partial charge in [0.05, 0.1) is 25.0 Å². The van der Waals surface area contributed by atoms with Crippen molar-refractivity contribution in [1.82, 2.24) is 29.0 Å². The lowest BCUT2D eigenvalue weighted by atomic mass is 10.1. The molecule has 2 N–H and O–H groups in total. The predicted octanol–water partition coefficient (Wildman–Crippen LogP) is 3.66. The number of fused-ring (bicyclic) bond motifs is 2. The number of imidazole rings is 1. The van der Waals surface area contributed by atoms with Crippen LogP contribution >= 0.6 is 0 Å². The topological polar surface area (TPSA) is 93.9 Å². The summed E-state index contributed by atoms with van der Waals surface area (Å²) in [5, 5.41) is 4.79. The first-order valence-corrected chi connectivity index (χ1v) is 13.2. The molecule has 0 bridgehead atoms. The minimum Gasteiger partial charge on any atom is -0.482 e. The molecule has 1 saturated heterocycles. The van der Waals surface area contributed by atoms with Gasteiger partial charge < -0.3 is 15.0 Å². The first-order valence-electron chi connectivity index (χ1n) is 13.2. The van der Waals surface area contributed by atoms with E-state index in [2.05, 4.69) is 36.6 Å². The molecule has 194 valence electrons. The van der Waals surface area contributed by atoms with E-state index in [0.29, 0.717) is 29.6 Å². The maximum atomic E-state index is 13.5. The average Bonchev–Trinajstić information content (AvgIpc) is 3.58. The van der Waals surface area contributed by atoms with Crippen LogP contribution in [0.25, 0.3) is 28.1 Å². The van der Waals surface area contributed by atoms with Crippen molar-refractivity contribution in [3.05, 3.63) is 47.3 Å². The van der Waals surface area contributed by atoms with Gasteiger partial charge in [0.15, 0.2) is 5.88 Å². The van der Waals surface area contributed by atoms with Crippen LogP contribution in [0.5, 0.6) is 5.88 Å². The lowest BCUT2D eigenvalue weighted by molar-refractivity contribution is -0.0168. The molecule has 9 heteroatoms. The summed E-state index contributed by atoms with van der Waals surface area (Å²) in [4.78, 5) is 23.6. The standard InChI is InChI=1S/C28H35N7O2/c1-5-22-9-8-19-12-23(33(27(19)30-22)15-18-6-7-18)26-17(2)35-24(31-26)13-20(14-25(35)37-4)28(36)34-16-21(29)10-11-32(34)3/h8-9,12-14,18,21H,5-7,10-11,15-16,29H2,1-4H3. The quantitative estimate of drug-likeness (QED) is 0.433. The van der Waals surface area contributed by atoms with E-state index in [1.165, 1.54) is 12.8 Å². The van der Waals surface area contributed by atoms with E-state index < -0.39 is 0 Å². The molecule has 4 aromatic heterocycles. The summed E-state index contributed by atoms with van der Waals surface area (Å²) in [7, 11) is 3.55. The summed E-state index contributed by atoms with van der Waals surface area (Å²) < 4.78 is 10.1. The molecule has 1 unspecified atom stereocenters. The first-order chi connectivity index (χ1) is 17.9. The number of rotatable bonds is 6. The molecule has 1 aliphatic heterocycles. The number of aromatic nitrogens is 4. The van der Waals surface area contributed by atoms with Gasteiger partial charge in [-0.2, -0.15) is 0 Å². The molecular weight excluding hydrogens is 466 g/mol. The van der Waals surface area contributed by atoms with Gasteiger partial charge >= 0.3 is 0 Å². The molecular formula is C28H35N7O2. The molecule has 6 rings (SSSR count). The molecule has 0 spiro atoms. The number of nitrogens with two attached hydrogens (primary N) is 1. The number of ether oxygens (including phenoxy) is 1. The highest BCUT2D eigenvalue weighted by molar-refractivity contribution is 5.95. The van der Waals surface area contributed by atoms with Gasteiger partial charge in [0.25, 0.3) is 5.91 Å². The second-order valence-electron chi connectivity index (χ2n) is 10.5. The smallest absolute Gasteiger partial charge is 0.268 e. The molecule has 37 heavy (non-hydrogen) atoms. The minimum atomic E-state index is -0.0974. The van der Waals surface area contributed by atoms with Crippen LogP contribution in [-0.4, -0.2) is 68.1 Å². The second kappa shape index (κ2) is 9.15. The van der Waals surface area contributed by atoms with E-state index in [1.54, 1.807) is 18.2 Å². The van der Waals surface area contributed by atoms with E-state index in [4.69, 9.17) is 20.4 Å². The maximum absolute atomic E-state index is 13.5. The van der Waals surface area contributed by atoms with Crippen molar-refractivity contribution in [2.24, 2.45) is 11.7 Å². The molecule has 1 saturated carbocycles. The molecule has 1 atom stereocenters. The van der Waals surface area contributed by atoms with Crippen LogP contribution in [0.3, 0.4) is 0 Å². The highest BCUT2D eigenvalue weighted by Gasteiger charge is 2.29. The number of amides is 1. The fourth-order valence-electron chi connectivity index (χ4n) is 5.41. The van der Waals surface area contributed by atoms with Crippen molar-refractivity contribution in [1.29, 1.82) is 0 Å². The number of hydrogen-bond donors (Lipinski definition) is 1. The Morgan fingerprint density at radius 3 is 2.70 bits per heavy atom. The van der Waals surface area contributed by atoms with Gasteiger partial charge in [0.1, 0.15) is 17.0 Å². The SMILES string of the molecule is CCc1ccc2cc(-c3nc4cc(C(=O)N5CC(N)CCN5C)cc(OC)n4c3C)n(CC3CC3)c2n1. The summed E-state index contributed by atoms with van der Waals surface area (Å²) in [5.41, 5.74) is 12.4. The zero-order valence-corrected chi connectivity index (χ0v) is 22.1. The first kappa shape index (κ1) is 23.9. The molecule has 1 aliphatic carbocycles. The lowest BCUT2D eigenvalue weighted by Gasteiger charge is -2.38. The van der Waals surface area contributed by atoms with Gasteiger partial charge in [0.2, 0.25) is 0 Å². The van der Waals surface area contributed by atoms with E-state index in [0.717, 1.165) is 59.7 Å². The Morgan fingerprint density at radius 2 is 1.97 bits per heavy atom. The number of hydrazine groups is 1. The van der Waals surface area contributed by atoms with Crippen LogP contribution in [0.4, 0.5) is 0 Å². The summed E-state index contributed by atoms with van der Waals surface area (Å²) in [6, 6.07) is 10.1. The highest BCUT2D eigenvalue weighted by Crippen LogP contribution is 2.37. The fraction of sp³-hybridized carbons (Fsp3) is 0.464. The van der Waals surface area contributed by atoms with Crippen molar-refractivity contribution in [3.8, 4) is 17.3 Å². The molecule has 4 aromatic rings. The molecule has 5 heterocycles. The number of carbonyl (C=O) groups excluding carboxylic acids is 1. The van der Waals surface area contributed by atoms with Crippen molar-refractivity contribution in [3.63, 3.8) is 0 Å². The molecule has 0 radical (unpaired) electrons.